The molecule has 1 N–H and O–H groups in total. The predicted octanol–water partition coefficient (Wildman–Crippen LogP) is 3.44. The predicted molar refractivity (Wildman–Crippen MR) is 83.8 cm³/mol. The lowest BCUT2D eigenvalue weighted by Crippen LogP contribution is -2.25. The largest absolute Gasteiger partial charge is 0.501 e. The van der Waals surface area contributed by atoms with Crippen LogP contribution in [0.2, 0.25) is 0 Å². The van der Waals surface area contributed by atoms with Gasteiger partial charge >= 0.3 is 0 Å². The highest BCUT2D eigenvalue weighted by atomic mass is 16.5. The number of hydrogen-bond donors (Lipinski definition) is 1. The van der Waals surface area contributed by atoms with E-state index in [1.807, 2.05) is 24.5 Å². The topological polar surface area (TPSA) is 39.7 Å². The Morgan fingerprint density at radius 3 is 2.76 bits per heavy atom. The van der Waals surface area contributed by atoms with Gasteiger partial charge in [0.25, 0.3) is 0 Å². The van der Waals surface area contributed by atoms with Crippen molar-refractivity contribution in [3.63, 3.8) is 0 Å². The van der Waals surface area contributed by atoms with Crippen LogP contribution in [0.4, 0.5) is 0 Å². The molecule has 2 rings (SSSR count). The summed E-state index contributed by atoms with van der Waals surface area (Å²) in [4.78, 5) is 0. The lowest BCUT2D eigenvalue weighted by molar-refractivity contribution is 0.219. The number of nitrogens with one attached hydrogen (secondary N) is 1. The lowest BCUT2D eigenvalue weighted by atomic mass is 9.94. The van der Waals surface area contributed by atoms with E-state index in [4.69, 9.17) is 14.2 Å². The molecule has 1 unspecified atom stereocenters. The third-order valence-electron chi connectivity index (χ3n) is 3.68. The van der Waals surface area contributed by atoms with Crippen LogP contribution in [-0.2, 0) is 4.74 Å². The Labute approximate surface area is 127 Å². The maximum Gasteiger partial charge on any atom is 0.124 e. The summed E-state index contributed by atoms with van der Waals surface area (Å²) in [5.74, 6) is 1.71. The summed E-state index contributed by atoms with van der Waals surface area (Å²) in [6.07, 6.45) is 5.08. The fraction of sp³-hybridized carbons (Fsp3) is 0.529. The van der Waals surface area contributed by atoms with E-state index in [1.54, 1.807) is 14.2 Å². The number of benzene rings is 1. The minimum Gasteiger partial charge on any atom is -0.501 e. The van der Waals surface area contributed by atoms with Crippen molar-refractivity contribution in [2.75, 3.05) is 27.4 Å². The van der Waals surface area contributed by atoms with Crippen molar-refractivity contribution in [1.29, 1.82) is 0 Å². The van der Waals surface area contributed by atoms with Gasteiger partial charge in [-0.1, -0.05) is 6.92 Å². The Morgan fingerprint density at radius 2 is 2.14 bits per heavy atom. The highest BCUT2D eigenvalue weighted by molar-refractivity contribution is 5.45. The van der Waals surface area contributed by atoms with Gasteiger partial charge in [0.1, 0.15) is 11.5 Å². The van der Waals surface area contributed by atoms with Crippen LogP contribution >= 0.6 is 0 Å². The first-order valence-corrected chi connectivity index (χ1v) is 7.56. The molecule has 0 aliphatic carbocycles. The molecule has 1 atom stereocenters. The average Bonchev–Trinajstić information content (AvgIpc) is 2.56. The van der Waals surface area contributed by atoms with Crippen LogP contribution in [0, 0.1) is 0 Å². The van der Waals surface area contributed by atoms with Crippen LogP contribution in [-0.4, -0.2) is 27.4 Å². The highest BCUT2D eigenvalue weighted by Gasteiger charge is 2.22. The molecule has 116 valence electrons. The zero-order valence-corrected chi connectivity index (χ0v) is 13.1. The molecule has 1 aliphatic heterocycles. The van der Waals surface area contributed by atoms with Crippen molar-refractivity contribution < 1.29 is 14.2 Å². The van der Waals surface area contributed by atoms with E-state index in [0.29, 0.717) is 0 Å². The van der Waals surface area contributed by atoms with E-state index in [0.717, 1.165) is 49.5 Å². The summed E-state index contributed by atoms with van der Waals surface area (Å²) in [7, 11) is 3.39. The third-order valence-corrected chi connectivity index (χ3v) is 3.68. The maximum atomic E-state index is 5.53. The molecule has 0 radical (unpaired) electrons. The van der Waals surface area contributed by atoms with Gasteiger partial charge < -0.3 is 19.5 Å². The van der Waals surface area contributed by atoms with Crippen LogP contribution < -0.4 is 14.8 Å². The van der Waals surface area contributed by atoms with E-state index in [-0.39, 0.29) is 6.04 Å². The summed E-state index contributed by atoms with van der Waals surface area (Å²) in [5.41, 5.74) is 2.36. The van der Waals surface area contributed by atoms with Crippen LogP contribution in [0.25, 0.3) is 0 Å². The van der Waals surface area contributed by atoms with E-state index in [1.165, 1.54) is 5.57 Å². The molecule has 0 spiro atoms. The first-order chi connectivity index (χ1) is 10.3. The van der Waals surface area contributed by atoms with Gasteiger partial charge in [0.05, 0.1) is 33.1 Å². The molecular formula is C17H25NO3. The maximum absolute atomic E-state index is 5.53. The SMILES string of the molecule is CCCNC(C1=COCCC1)c1cc(OC)ccc1OC. The van der Waals surface area contributed by atoms with Crippen LogP contribution in [0.15, 0.2) is 30.0 Å². The number of methoxy groups -OCH3 is 2. The van der Waals surface area contributed by atoms with Crippen molar-refractivity contribution in [3.05, 3.63) is 35.6 Å². The summed E-state index contributed by atoms with van der Waals surface area (Å²) in [6.45, 7) is 3.92. The molecule has 1 aromatic rings. The first-order valence-electron chi connectivity index (χ1n) is 7.56. The van der Waals surface area contributed by atoms with Crippen molar-refractivity contribution in [1.82, 2.24) is 5.32 Å². The Morgan fingerprint density at radius 1 is 1.29 bits per heavy atom. The van der Waals surface area contributed by atoms with Crippen molar-refractivity contribution in [3.8, 4) is 11.5 Å². The van der Waals surface area contributed by atoms with Gasteiger partial charge in [-0.05, 0) is 49.6 Å². The van der Waals surface area contributed by atoms with Crippen LogP contribution in [0.5, 0.6) is 11.5 Å². The zero-order valence-electron chi connectivity index (χ0n) is 13.1. The van der Waals surface area contributed by atoms with Gasteiger partial charge in [0, 0.05) is 5.56 Å². The quantitative estimate of drug-likeness (QED) is 0.835. The molecule has 0 bridgehead atoms. The first kappa shape index (κ1) is 15.7. The second-order valence-corrected chi connectivity index (χ2v) is 5.16. The van der Waals surface area contributed by atoms with Crippen molar-refractivity contribution in [2.24, 2.45) is 0 Å². The van der Waals surface area contributed by atoms with Gasteiger partial charge in [-0.25, -0.2) is 0 Å². The second-order valence-electron chi connectivity index (χ2n) is 5.16. The zero-order chi connectivity index (χ0) is 15.1. The molecule has 1 aromatic carbocycles. The molecule has 21 heavy (non-hydrogen) atoms. The summed E-state index contributed by atoms with van der Waals surface area (Å²) >= 11 is 0. The van der Waals surface area contributed by atoms with E-state index < -0.39 is 0 Å². The molecule has 4 nitrogen and oxygen atoms in total. The molecule has 4 heteroatoms. The standard InChI is InChI=1S/C17H25NO3/c1-4-9-18-17(13-6-5-10-21-12-13)15-11-14(19-2)7-8-16(15)20-3/h7-8,11-12,17-18H,4-6,9-10H2,1-3H3. The van der Waals surface area contributed by atoms with Gasteiger partial charge in [0.2, 0.25) is 0 Å². The number of ether oxygens (including phenoxy) is 3. The summed E-state index contributed by atoms with van der Waals surface area (Å²) in [5, 5.41) is 3.60. The summed E-state index contributed by atoms with van der Waals surface area (Å²) < 4.78 is 16.4. The third kappa shape index (κ3) is 3.91. The molecule has 0 aromatic heterocycles. The number of rotatable bonds is 7. The molecule has 1 heterocycles. The van der Waals surface area contributed by atoms with E-state index >= 15 is 0 Å². The van der Waals surface area contributed by atoms with Crippen molar-refractivity contribution in [2.45, 2.75) is 32.2 Å². The Kier molecular flexibility index (Phi) is 5.93. The van der Waals surface area contributed by atoms with Gasteiger partial charge in [-0.2, -0.15) is 0 Å². The Hall–Kier alpha value is -1.68. The van der Waals surface area contributed by atoms with Gasteiger partial charge in [-0.15, -0.1) is 0 Å². The number of hydrogen-bond acceptors (Lipinski definition) is 4. The molecule has 0 amide bonds. The second kappa shape index (κ2) is 7.93. The van der Waals surface area contributed by atoms with E-state index in [9.17, 15) is 0 Å². The van der Waals surface area contributed by atoms with Crippen LogP contribution in [0.3, 0.4) is 0 Å². The molecule has 1 aliphatic rings. The lowest BCUT2D eigenvalue weighted by Gasteiger charge is -2.26. The van der Waals surface area contributed by atoms with E-state index in [2.05, 4.69) is 12.2 Å². The van der Waals surface area contributed by atoms with Gasteiger partial charge in [0.15, 0.2) is 0 Å². The Bertz CT molecular complexity index is 485. The fourth-order valence-electron chi connectivity index (χ4n) is 2.59. The fourth-order valence-corrected chi connectivity index (χ4v) is 2.59. The Balaban J connectivity index is 2.36. The smallest absolute Gasteiger partial charge is 0.124 e. The normalized spacial score (nSPS) is 15.9. The summed E-state index contributed by atoms with van der Waals surface area (Å²) in [6, 6.07) is 6.03. The minimum atomic E-state index is 0.107. The minimum absolute atomic E-state index is 0.107. The average molecular weight is 291 g/mol. The molecular weight excluding hydrogens is 266 g/mol. The molecule has 0 fully saturated rings. The highest BCUT2D eigenvalue weighted by Crippen LogP contribution is 2.35. The monoisotopic (exact) mass is 291 g/mol. The van der Waals surface area contributed by atoms with Gasteiger partial charge in [-0.3, -0.25) is 0 Å². The van der Waals surface area contributed by atoms with Crippen molar-refractivity contribution >= 4 is 0 Å². The van der Waals surface area contributed by atoms with Crippen LogP contribution in [0.1, 0.15) is 37.8 Å². The molecule has 0 saturated carbocycles. The molecule has 0 saturated heterocycles.